The van der Waals surface area contributed by atoms with Gasteiger partial charge in [0.1, 0.15) is 11.5 Å². The third-order valence-electron chi connectivity index (χ3n) is 3.67. The number of benzene rings is 1. The molecule has 9 heteroatoms. The Kier molecular flexibility index (Phi) is 7.60. The Morgan fingerprint density at radius 3 is 2.59 bits per heavy atom. The van der Waals surface area contributed by atoms with Gasteiger partial charge in [0, 0.05) is 5.56 Å². The number of hydrogen-bond acceptors (Lipinski definition) is 4. The van der Waals surface area contributed by atoms with Gasteiger partial charge in [0.25, 0.3) is 0 Å². The van der Waals surface area contributed by atoms with E-state index < -0.39 is 24.6 Å². The molecule has 0 spiro atoms. The molecule has 0 aliphatic carbocycles. The lowest BCUT2D eigenvalue weighted by molar-refractivity contribution is -0.120. The minimum atomic E-state index is -2.96. The van der Waals surface area contributed by atoms with Crippen LogP contribution in [0.2, 0.25) is 0 Å². The summed E-state index contributed by atoms with van der Waals surface area (Å²) in [5.74, 6) is 0.127. The summed E-state index contributed by atoms with van der Waals surface area (Å²) in [7, 11) is 0. The van der Waals surface area contributed by atoms with Crippen LogP contribution in [0.5, 0.6) is 5.75 Å². The van der Waals surface area contributed by atoms with Gasteiger partial charge in [-0.05, 0) is 24.6 Å². The third kappa shape index (κ3) is 6.61. The molecular formula is C18H21F2N3O4. The highest BCUT2D eigenvalue weighted by Crippen LogP contribution is 2.28. The molecule has 1 heterocycles. The molecule has 0 radical (unpaired) electrons. The van der Waals surface area contributed by atoms with Crippen LogP contribution in [0.4, 0.5) is 13.6 Å². The summed E-state index contributed by atoms with van der Waals surface area (Å²) in [6.07, 6.45) is 1.95. The van der Waals surface area contributed by atoms with E-state index in [1.165, 1.54) is 12.3 Å². The first-order valence-electron chi connectivity index (χ1n) is 8.36. The highest BCUT2D eigenvalue weighted by atomic mass is 19.3. The van der Waals surface area contributed by atoms with Crippen molar-refractivity contribution in [3.05, 3.63) is 54.0 Å². The molecule has 1 aromatic heterocycles. The highest BCUT2D eigenvalue weighted by molar-refractivity contribution is 5.84. The molecule has 1 unspecified atom stereocenters. The van der Waals surface area contributed by atoms with Gasteiger partial charge >= 0.3 is 12.6 Å². The number of alkyl halides is 2. The lowest BCUT2D eigenvalue weighted by atomic mass is 10.0. The van der Waals surface area contributed by atoms with Crippen LogP contribution in [0.15, 0.2) is 47.1 Å². The van der Waals surface area contributed by atoms with Crippen molar-refractivity contribution in [3.63, 3.8) is 0 Å². The highest BCUT2D eigenvalue weighted by Gasteiger charge is 2.19. The van der Waals surface area contributed by atoms with Crippen molar-refractivity contribution in [1.82, 2.24) is 16.0 Å². The number of amides is 3. The number of urea groups is 1. The van der Waals surface area contributed by atoms with E-state index in [1.54, 1.807) is 37.3 Å². The summed E-state index contributed by atoms with van der Waals surface area (Å²) < 4.78 is 34.7. The van der Waals surface area contributed by atoms with Gasteiger partial charge in [-0.15, -0.1) is 0 Å². The van der Waals surface area contributed by atoms with E-state index in [9.17, 15) is 18.4 Å². The molecule has 27 heavy (non-hydrogen) atoms. The van der Waals surface area contributed by atoms with Crippen LogP contribution in [-0.4, -0.2) is 25.1 Å². The molecule has 146 valence electrons. The van der Waals surface area contributed by atoms with E-state index >= 15 is 0 Å². The van der Waals surface area contributed by atoms with E-state index in [-0.39, 0.29) is 18.8 Å². The number of furan rings is 1. The van der Waals surface area contributed by atoms with Crippen molar-refractivity contribution < 1.29 is 27.5 Å². The van der Waals surface area contributed by atoms with Crippen LogP contribution in [0, 0.1) is 0 Å². The average molecular weight is 381 g/mol. The molecular weight excluding hydrogens is 360 g/mol. The van der Waals surface area contributed by atoms with Gasteiger partial charge in [-0.1, -0.05) is 25.1 Å². The summed E-state index contributed by atoms with van der Waals surface area (Å²) in [5.41, 5.74) is 0.441. The van der Waals surface area contributed by atoms with Crippen molar-refractivity contribution in [1.29, 1.82) is 0 Å². The summed E-state index contributed by atoms with van der Waals surface area (Å²) in [6.45, 7) is -1.23. The van der Waals surface area contributed by atoms with Crippen LogP contribution in [0.1, 0.15) is 30.7 Å². The lowest BCUT2D eigenvalue weighted by Crippen LogP contribution is -2.42. The molecule has 3 amide bonds. The maximum atomic E-state index is 12.5. The molecule has 2 aromatic rings. The Morgan fingerprint density at radius 1 is 1.15 bits per heavy atom. The zero-order valence-electron chi connectivity index (χ0n) is 14.7. The zero-order chi connectivity index (χ0) is 19.6. The fourth-order valence-corrected chi connectivity index (χ4v) is 2.42. The Morgan fingerprint density at radius 2 is 1.93 bits per heavy atom. The second-order valence-corrected chi connectivity index (χ2v) is 5.56. The average Bonchev–Trinajstić information content (AvgIpc) is 3.16. The molecule has 0 bridgehead atoms. The zero-order valence-corrected chi connectivity index (χ0v) is 14.7. The molecule has 0 aliphatic heterocycles. The van der Waals surface area contributed by atoms with Crippen LogP contribution < -0.4 is 20.7 Å². The van der Waals surface area contributed by atoms with Crippen LogP contribution in [0.25, 0.3) is 0 Å². The van der Waals surface area contributed by atoms with Gasteiger partial charge in [0.15, 0.2) is 0 Å². The van der Waals surface area contributed by atoms with Crippen LogP contribution in [0.3, 0.4) is 0 Å². The van der Waals surface area contributed by atoms with Gasteiger partial charge in [-0.25, -0.2) is 4.79 Å². The second-order valence-electron chi connectivity index (χ2n) is 5.56. The fraction of sp³-hybridized carbons (Fsp3) is 0.333. The standard InChI is InChI=1S/C18H21F2N3O4/c1-2-14(13-7-3-4-8-15(13)27-17(19)20)23-16(24)11-22-18(25)21-10-12-6-5-9-26-12/h3-9,14,17H,2,10-11H2,1H3,(H,23,24)(H2,21,22,25). The maximum Gasteiger partial charge on any atom is 0.387 e. The molecule has 0 aliphatic rings. The monoisotopic (exact) mass is 381 g/mol. The SMILES string of the molecule is CCC(NC(=O)CNC(=O)NCc1ccco1)c1ccccc1OC(F)F. The molecule has 1 atom stereocenters. The van der Waals surface area contributed by atoms with Gasteiger partial charge in [0.2, 0.25) is 5.91 Å². The van der Waals surface area contributed by atoms with E-state index in [1.807, 2.05) is 0 Å². The van der Waals surface area contributed by atoms with Gasteiger partial charge < -0.3 is 25.1 Å². The number of hydrogen-bond donors (Lipinski definition) is 3. The Balaban J connectivity index is 1.85. The third-order valence-corrected chi connectivity index (χ3v) is 3.67. The first-order valence-corrected chi connectivity index (χ1v) is 8.36. The lowest BCUT2D eigenvalue weighted by Gasteiger charge is -2.20. The van der Waals surface area contributed by atoms with E-state index in [0.29, 0.717) is 17.7 Å². The molecule has 0 saturated carbocycles. The minimum Gasteiger partial charge on any atom is -0.467 e. The predicted octanol–water partition coefficient (Wildman–Crippen LogP) is 2.95. The summed E-state index contributed by atoms with van der Waals surface area (Å²) >= 11 is 0. The second kappa shape index (κ2) is 10.1. The number of rotatable bonds is 9. The normalized spacial score (nSPS) is 11.7. The Labute approximate surface area is 155 Å². The van der Waals surface area contributed by atoms with Gasteiger partial charge in [-0.3, -0.25) is 4.79 Å². The predicted molar refractivity (Wildman–Crippen MR) is 93.2 cm³/mol. The van der Waals surface area contributed by atoms with Gasteiger partial charge in [0.05, 0.1) is 25.4 Å². The molecule has 3 N–H and O–H groups in total. The van der Waals surface area contributed by atoms with Crippen LogP contribution in [-0.2, 0) is 11.3 Å². The smallest absolute Gasteiger partial charge is 0.387 e. The van der Waals surface area contributed by atoms with Crippen molar-refractivity contribution in [2.45, 2.75) is 32.5 Å². The molecule has 2 rings (SSSR count). The number of nitrogens with one attached hydrogen (secondary N) is 3. The first-order chi connectivity index (χ1) is 13.0. The largest absolute Gasteiger partial charge is 0.467 e. The van der Waals surface area contributed by atoms with Crippen LogP contribution >= 0.6 is 0 Å². The van der Waals surface area contributed by atoms with Crippen molar-refractivity contribution in [3.8, 4) is 5.75 Å². The van der Waals surface area contributed by atoms with E-state index in [4.69, 9.17) is 4.42 Å². The Bertz CT molecular complexity index is 738. The fourth-order valence-electron chi connectivity index (χ4n) is 2.42. The Hall–Kier alpha value is -3.10. The van der Waals surface area contributed by atoms with Crippen molar-refractivity contribution >= 4 is 11.9 Å². The van der Waals surface area contributed by atoms with Gasteiger partial charge in [-0.2, -0.15) is 8.78 Å². The quantitative estimate of drug-likeness (QED) is 0.623. The minimum absolute atomic E-state index is 0.00352. The first kappa shape index (κ1) is 20.2. The summed E-state index contributed by atoms with van der Waals surface area (Å²) in [4.78, 5) is 23.8. The molecule has 1 aromatic carbocycles. The van der Waals surface area contributed by atoms with E-state index in [0.717, 1.165) is 0 Å². The molecule has 0 saturated heterocycles. The number of halogens is 2. The number of para-hydroxylation sites is 1. The molecule has 7 nitrogen and oxygen atoms in total. The summed E-state index contributed by atoms with van der Waals surface area (Å²) in [6, 6.07) is 8.60. The van der Waals surface area contributed by atoms with Crippen molar-refractivity contribution in [2.75, 3.05) is 6.54 Å². The summed E-state index contributed by atoms with van der Waals surface area (Å²) in [5, 5.41) is 7.66. The number of ether oxygens (including phenoxy) is 1. The van der Waals surface area contributed by atoms with Crippen molar-refractivity contribution in [2.24, 2.45) is 0 Å². The topological polar surface area (TPSA) is 92.6 Å². The number of carbonyl (C=O) groups excluding carboxylic acids is 2. The van der Waals surface area contributed by atoms with E-state index in [2.05, 4.69) is 20.7 Å². The number of carbonyl (C=O) groups is 2. The maximum absolute atomic E-state index is 12.5. The molecule has 0 fully saturated rings.